The molecule has 1 aromatic carbocycles. The van der Waals surface area contributed by atoms with E-state index >= 15 is 0 Å². The Morgan fingerprint density at radius 2 is 2.11 bits per heavy atom. The molecule has 4 nitrogen and oxygen atoms in total. The minimum absolute atomic E-state index is 0.0489. The van der Waals surface area contributed by atoms with Gasteiger partial charge in [-0.2, -0.15) is 0 Å². The zero-order valence-corrected chi connectivity index (χ0v) is 10.7. The van der Waals surface area contributed by atoms with Gasteiger partial charge in [0.1, 0.15) is 18.0 Å². The van der Waals surface area contributed by atoms with E-state index in [-0.39, 0.29) is 23.0 Å². The van der Waals surface area contributed by atoms with Crippen LogP contribution in [0.25, 0.3) is 0 Å². The summed E-state index contributed by atoms with van der Waals surface area (Å²) in [5.74, 6) is -0.453. The van der Waals surface area contributed by atoms with Gasteiger partial charge < -0.3 is 10.1 Å². The van der Waals surface area contributed by atoms with E-state index < -0.39 is 11.6 Å². The van der Waals surface area contributed by atoms with E-state index in [1.807, 2.05) is 0 Å². The van der Waals surface area contributed by atoms with Gasteiger partial charge in [-0.1, -0.05) is 11.6 Å². The second kappa shape index (κ2) is 5.79. The lowest BCUT2D eigenvalue weighted by atomic mass is 10.2. The molecule has 1 aromatic heterocycles. The Bertz CT molecular complexity index is 595. The fraction of sp³-hybridized carbons (Fsp3) is 0.167. The lowest BCUT2D eigenvalue weighted by Crippen LogP contribution is -2.06. The van der Waals surface area contributed by atoms with Crippen LogP contribution in [-0.2, 0) is 6.54 Å². The first-order valence-electron chi connectivity index (χ1n) is 5.34. The molecule has 0 atom stereocenters. The van der Waals surface area contributed by atoms with Gasteiger partial charge in [-0.3, -0.25) is 0 Å². The molecule has 7 heteroatoms. The number of benzene rings is 1. The van der Waals surface area contributed by atoms with Crippen molar-refractivity contribution in [2.24, 2.45) is 0 Å². The Morgan fingerprint density at radius 3 is 2.84 bits per heavy atom. The third-order valence-corrected chi connectivity index (χ3v) is 2.69. The van der Waals surface area contributed by atoms with Crippen molar-refractivity contribution in [3.8, 4) is 5.75 Å². The molecule has 19 heavy (non-hydrogen) atoms. The average Bonchev–Trinajstić information content (AvgIpc) is 2.40. The van der Waals surface area contributed by atoms with Crippen LogP contribution in [0, 0.1) is 11.6 Å². The van der Waals surface area contributed by atoms with Gasteiger partial charge in [0.05, 0.1) is 7.11 Å². The van der Waals surface area contributed by atoms with Gasteiger partial charge >= 0.3 is 0 Å². The molecule has 0 unspecified atom stereocenters. The molecule has 1 N–H and O–H groups in total. The number of hydrogen-bond donors (Lipinski definition) is 1. The molecule has 0 aliphatic carbocycles. The van der Waals surface area contributed by atoms with E-state index in [1.165, 1.54) is 13.4 Å². The van der Waals surface area contributed by atoms with Gasteiger partial charge in [-0.05, 0) is 18.2 Å². The number of nitrogens with zero attached hydrogens (tertiary/aromatic N) is 2. The first kappa shape index (κ1) is 13.5. The van der Waals surface area contributed by atoms with E-state index in [9.17, 15) is 8.78 Å². The van der Waals surface area contributed by atoms with Crippen LogP contribution in [0.1, 0.15) is 5.56 Å². The third-order valence-electron chi connectivity index (χ3n) is 2.42. The maximum Gasteiger partial charge on any atom is 0.198 e. The van der Waals surface area contributed by atoms with E-state index in [1.54, 1.807) is 0 Å². The first-order chi connectivity index (χ1) is 9.11. The fourth-order valence-corrected chi connectivity index (χ4v) is 1.73. The highest BCUT2D eigenvalue weighted by Crippen LogP contribution is 2.28. The SMILES string of the molecule is COc1c(Cl)ncnc1NCc1cc(F)ccc1F. The van der Waals surface area contributed by atoms with Gasteiger partial charge in [0.25, 0.3) is 0 Å². The summed E-state index contributed by atoms with van der Waals surface area (Å²) in [6, 6.07) is 3.23. The molecule has 100 valence electrons. The third kappa shape index (κ3) is 3.08. The van der Waals surface area contributed by atoms with Crippen molar-refractivity contribution in [3.05, 3.63) is 46.9 Å². The highest BCUT2D eigenvalue weighted by Gasteiger charge is 2.11. The number of aromatic nitrogens is 2. The quantitative estimate of drug-likeness (QED) is 0.877. The van der Waals surface area contributed by atoms with E-state index in [4.69, 9.17) is 16.3 Å². The van der Waals surface area contributed by atoms with Crippen molar-refractivity contribution in [1.82, 2.24) is 9.97 Å². The summed E-state index contributed by atoms with van der Waals surface area (Å²) in [7, 11) is 1.42. The van der Waals surface area contributed by atoms with Crippen molar-refractivity contribution in [2.45, 2.75) is 6.54 Å². The van der Waals surface area contributed by atoms with Crippen LogP contribution in [0.5, 0.6) is 5.75 Å². The number of anilines is 1. The van der Waals surface area contributed by atoms with Crippen LogP contribution in [0.3, 0.4) is 0 Å². The Kier molecular flexibility index (Phi) is 4.11. The molecule has 0 radical (unpaired) electrons. The summed E-state index contributed by atoms with van der Waals surface area (Å²) >= 11 is 5.82. The molecule has 0 saturated heterocycles. The Morgan fingerprint density at radius 1 is 1.32 bits per heavy atom. The normalized spacial score (nSPS) is 10.3. The molecular weight excluding hydrogens is 276 g/mol. The van der Waals surface area contributed by atoms with Crippen molar-refractivity contribution in [3.63, 3.8) is 0 Å². The predicted molar refractivity (Wildman–Crippen MR) is 67.3 cm³/mol. The highest BCUT2D eigenvalue weighted by atomic mass is 35.5. The fourth-order valence-electron chi connectivity index (χ4n) is 1.52. The van der Waals surface area contributed by atoms with Crippen molar-refractivity contribution in [1.29, 1.82) is 0 Å². The highest BCUT2D eigenvalue weighted by molar-refractivity contribution is 6.31. The molecule has 0 aliphatic heterocycles. The summed E-state index contributed by atoms with van der Waals surface area (Å²) < 4.78 is 31.5. The average molecular weight is 286 g/mol. The van der Waals surface area contributed by atoms with Gasteiger partial charge in [0, 0.05) is 12.1 Å². The maximum atomic E-state index is 13.4. The van der Waals surface area contributed by atoms with E-state index in [0.717, 1.165) is 18.2 Å². The van der Waals surface area contributed by atoms with Crippen LogP contribution in [0.4, 0.5) is 14.6 Å². The van der Waals surface area contributed by atoms with Gasteiger partial charge in [0.2, 0.25) is 0 Å². The van der Waals surface area contributed by atoms with E-state index in [0.29, 0.717) is 5.82 Å². The van der Waals surface area contributed by atoms with Crippen molar-refractivity contribution < 1.29 is 13.5 Å². The Balaban J connectivity index is 2.19. The topological polar surface area (TPSA) is 47.0 Å². The molecule has 1 heterocycles. The lowest BCUT2D eigenvalue weighted by molar-refractivity contribution is 0.413. The molecule has 0 spiro atoms. The molecule has 2 aromatic rings. The van der Waals surface area contributed by atoms with Crippen LogP contribution in [0.15, 0.2) is 24.5 Å². The Hall–Kier alpha value is -1.95. The minimum atomic E-state index is -0.508. The smallest absolute Gasteiger partial charge is 0.198 e. The standard InChI is InChI=1S/C12H10ClF2N3O/c1-19-10-11(13)17-6-18-12(10)16-5-7-4-8(14)2-3-9(7)15/h2-4,6H,5H2,1H3,(H,16,17,18). The second-order valence-electron chi connectivity index (χ2n) is 3.64. The lowest BCUT2D eigenvalue weighted by Gasteiger charge is -2.10. The second-order valence-corrected chi connectivity index (χ2v) is 3.99. The number of nitrogens with one attached hydrogen (secondary N) is 1. The molecule has 0 bridgehead atoms. The molecule has 0 amide bonds. The largest absolute Gasteiger partial charge is 0.490 e. The summed E-state index contributed by atoms with van der Waals surface area (Å²) in [6.07, 6.45) is 1.25. The zero-order chi connectivity index (χ0) is 13.8. The molecular formula is C12H10ClF2N3O. The van der Waals surface area contributed by atoms with Gasteiger partial charge in [0.15, 0.2) is 16.7 Å². The van der Waals surface area contributed by atoms with Crippen LogP contribution in [-0.4, -0.2) is 17.1 Å². The minimum Gasteiger partial charge on any atom is -0.490 e. The molecule has 2 rings (SSSR count). The molecule has 0 saturated carbocycles. The summed E-state index contributed by atoms with van der Waals surface area (Å²) in [6.45, 7) is 0.0489. The summed E-state index contributed by atoms with van der Waals surface area (Å²) in [5.41, 5.74) is 0.178. The number of halogens is 3. The monoisotopic (exact) mass is 285 g/mol. The van der Waals surface area contributed by atoms with Crippen molar-refractivity contribution in [2.75, 3.05) is 12.4 Å². The Labute approximate surface area is 113 Å². The van der Waals surface area contributed by atoms with Crippen molar-refractivity contribution >= 4 is 17.4 Å². The van der Waals surface area contributed by atoms with Crippen LogP contribution < -0.4 is 10.1 Å². The number of rotatable bonds is 4. The number of methoxy groups -OCH3 is 1. The van der Waals surface area contributed by atoms with Gasteiger partial charge in [-0.15, -0.1) is 0 Å². The maximum absolute atomic E-state index is 13.4. The zero-order valence-electron chi connectivity index (χ0n) is 9.95. The number of ether oxygens (including phenoxy) is 1. The predicted octanol–water partition coefficient (Wildman–Crippen LogP) is 3.03. The van der Waals surface area contributed by atoms with Gasteiger partial charge in [-0.25, -0.2) is 18.7 Å². The van der Waals surface area contributed by atoms with Crippen LogP contribution >= 0.6 is 11.6 Å². The van der Waals surface area contributed by atoms with E-state index in [2.05, 4.69) is 15.3 Å². The number of hydrogen-bond acceptors (Lipinski definition) is 4. The summed E-state index contributed by atoms with van der Waals surface area (Å²) in [4.78, 5) is 7.68. The molecule has 0 fully saturated rings. The molecule has 0 aliphatic rings. The first-order valence-corrected chi connectivity index (χ1v) is 5.72. The summed E-state index contributed by atoms with van der Waals surface area (Å²) in [5, 5.41) is 2.96. The van der Waals surface area contributed by atoms with Crippen LogP contribution in [0.2, 0.25) is 5.15 Å².